The summed E-state index contributed by atoms with van der Waals surface area (Å²) in [7, 11) is 0. The minimum Gasteiger partial charge on any atom is -0.462 e. The van der Waals surface area contributed by atoms with Crippen LogP contribution in [0.1, 0.15) is 355 Å². The molecule has 0 aliphatic heterocycles. The predicted molar refractivity (Wildman–Crippen MR) is 289 cm³/mol. The van der Waals surface area contributed by atoms with Gasteiger partial charge in [-0.1, -0.05) is 316 Å². The molecule has 0 rings (SSSR count). The molecule has 0 aliphatic rings. The number of carbonyl (C=O) groups excluding carboxylic acids is 3. The fourth-order valence-electron chi connectivity index (χ4n) is 9.51. The molecule has 0 aliphatic carbocycles. The summed E-state index contributed by atoms with van der Waals surface area (Å²) in [5, 5.41) is 0. The first-order valence-electron chi connectivity index (χ1n) is 30.5. The van der Waals surface area contributed by atoms with Gasteiger partial charge in [0.05, 0.1) is 0 Å². The van der Waals surface area contributed by atoms with E-state index in [1.165, 1.54) is 257 Å². The highest BCUT2D eigenvalue weighted by molar-refractivity contribution is 5.71. The van der Waals surface area contributed by atoms with Crippen molar-refractivity contribution >= 4 is 17.9 Å². The van der Waals surface area contributed by atoms with E-state index in [1.807, 2.05) is 0 Å². The highest BCUT2D eigenvalue weighted by Crippen LogP contribution is 2.18. The first-order chi connectivity index (χ1) is 33.0. The summed E-state index contributed by atoms with van der Waals surface area (Å²) in [4.78, 5) is 38.2. The van der Waals surface area contributed by atoms with Crippen molar-refractivity contribution in [1.82, 2.24) is 0 Å². The van der Waals surface area contributed by atoms with Crippen LogP contribution in [0.5, 0.6) is 0 Å². The molecule has 0 unspecified atom stereocenters. The zero-order valence-electron chi connectivity index (χ0n) is 45.7. The Balaban J connectivity index is 4.23. The van der Waals surface area contributed by atoms with Crippen LogP contribution in [0.25, 0.3) is 0 Å². The summed E-state index contributed by atoms with van der Waals surface area (Å²) in [6, 6.07) is 0. The molecular weight excluding hydrogens is 829 g/mol. The molecule has 0 aromatic rings. The lowest BCUT2D eigenvalue weighted by molar-refractivity contribution is -0.167. The average Bonchev–Trinajstić information content (AvgIpc) is 3.33. The number of hydrogen-bond acceptors (Lipinski definition) is 6. The van der Waals surface area contributed by atoms with Crippen LogP contribution >= 0.6 is 0 Å². The molecule has 6 heteroatoms. The van der Waals surface area contributed by atoms with E-state index < -0.39 is 6.10 Å². The third kappa shape index (κ3) is 55.2. The van der Waals surface area contributed by atoms with Gasteiger partial charge in [-0.25, -0.2) is 0 Å². The van der Waals surface area contributed by atoms with Gasteiger partial charge in [0.15, 0.2) is 6.10 Å². The van der Waals surface area contributed by atoms with Crippen LogP contribution in [0.3, 0.4) is 0 Å². The molecule has 0 aromatic heterocycles. The maximum Gasteiger partial charge on any atom is 0.306 e. The van der Waals surface area contributed by atoms with E-state index in [-0.39, 0.29) is 31.1 Å². The zero-order valence-corrected chi connectivity index (χ0v) is 45.7. The zero-order chi connectivity index (χ0) is 48.6. The Kier molecular flexibility index (Phi) is 55.6. The van der Waals surface area contributed by atoms with E-state index >= 15 is 0 Å². The fraction of sp³-hybridized carbons (Fsp3) is 0.951. The number of esters is 3. The molecule has 0 radical (unpaired) electrons. The topological polar surface area (TPSA) is 78.9 Å². The maximum atomic E-state index is 12.9. The van der Waals surface area contributed by atoms with Crippen molar-refractivity contribution in [3.63, 3.8) is 0 Å². The van der Waals surface area contributed by atoms with E-state index in [9.17, 15) is 14.4 Å². The van der Waals surface area contributed by atoms with Crippen molar-refractivity contribution in [3.05, 3.63) is 0 Å². The van der Waals surface area contributed by atoms with E-state index in [4.69, 9.17) is 14.2 Å². The highest BCUT2D eigenvalue weighted by atomic mass is 16.6. The molecule has 0 saturated heterocycles. The Hall–Kier alpha value is -1.59. The first-order valence-corrected chi connectivity index (χ1v) is 30.5. The van der Waals surface area contributed by atoms with Crippen molar-refractivity contribution in [1.29, 1.82) is 0 Å². The molecule has 1 atom stereocenters. The number of rotatable bonds is 57. The molecule has 6 nitrogen and oxygen atoms in total. The van der Waals surface area contributed by atoms with Gasteiger partial charge < -0.3 is 14.2 Å². The quantitative estimate of drug-likeness (QED) is 0.0343. The highest BCUT2D eigenvalue weighted by Gasteiger charge is 2.19. The molecular formula is C61H118O6. The molecule has 0 heterocycles. The Labute approximate surface area is 418 Å². The first kappa shape index (κ1) is 65.4. The molecule has 0 N–H and O–H groups in total. The van der Waals surface area contributed by atoms with Crippen LogP contribution in [0.2, 0.25) is 0 Å². The van der Waals surface area contributed by atoms with Gasteiger partial charge in [0.1, 0.15) is 13.2 Å². The lowest BCUT2D eigenvalue weighted by Gasteiger charge is -2.18. The van der Waals surface area contributed by atoms with Gasteiger partial charge in [-0.05, 0) is 19.3 Å². The average molecular weight is 948 g/mol. The monoisotopic (exact) mass is 947 g/mol. The van der Waals surface area contributed by atoms with Gasteiger partial charge >= 0.3 is 17.9 Å². The SMILES string of the molecule is CCCCCCCCCCCCCCCCCCCCCC(=O)OC[C@@H](COC(=O)CCCCCCCCCCCCC)OC(=O)CCCCCCCCCCCCCCCCCCCCC. The van der Waals surface area contributed by atoms with Crippen LogP contribution in [-0.4, -0.2) is 37.2 Å². The van der Waals surface area contributed by atoms with Crippen molar-refractivity contribution in [2.24, 2.45) is 0 Å². The molecule has 0 fully saturated rings. The van der Waals surface area contributed by atoms with E-state index in [0.29, 0.717) is 19.3 Å². The van der Waals surface area contributed by atoms with Gasteiger partial charge in [-0.15, -0.1) is 0 Å². The van der Waals surface area contributed by atoms with Gasteiger partial charge in [0.25, 0.3) is 0 Å². The van der Waals surface area contributed by atoms with Crippen molar-refractivity contribution in [2.75, 3.05) is 13.2 Å². The summed E-state index contributed by atoms with van der Waals surface area (Å²) >= 11 is 0. The Bertz CT molecular complexity index is 998. The third-order valence-corrected chi connectivity index (χ3v) is 14.1. The van der Waals surface area contributed by atoms with Crippen LogP contribution in [-0.2, 0) is 28.6 Å². The summed E-state index contributed by atoms with van der Waals surface area (Å²) in [5.41, 5.74) is 0. The number of carbonyl (C=O) groups is 3. The number of unbranched alkanes of at least 4 members (excludes halogenated alkanes) is 46. The molecule has 0 bridgehead atoms. The molecule has 0 saturated carbocycles. The van der Waals surface area contributed by atoms with Gasteiger partial charge in [0.2, 0.25) is 0 Å². The molecule has 0 spiro atoms. The molecule has 67 heavy (non-hydrogen) atoms. The normalized spacial score (nSPS) is 11.9. The number of hydrogen-bond donors (Lipinski definition) is 0. The van der Waals surface area contributed by atoms with Crippen LogP contribution in [0.4, 0.5) is 0 Å². The van der Waals surface area contributed by atoms with Crippen molar-refractivity contribution < 1.29 is 28.6 Å². The van der Waals surface area contributed by atoms with Crippen molar-refractivity contribution in [2.45, 2.75) is 361 Å². The van der Waals surface area contributed by atoms with Gasteiger partial charge in [-0.2, -0.15) is 0 Å². The van der Waals surface area contributed by atoms with E-state index in [1.54, 1.807) is 0 Å². The summed E-state index contributed by atoms with van der Waals surface area (Å²) < 4.78 is 16.9. The predicted octanol–water partition coefficient (Wildman–Crippen LogP) is 20.3. The minimum atomic E-state index is -0.761. The number of ether oxygens (including phenoxy) is 3. The summed E-state index contributed by atoms with van der Waals surface area (Å²) in [6.07, 6.45) is 63.9. The lowest BCUT2D eigenvalue weighted by atomic mass is 10.0. The second kappa shape index (κ2) is 57.0. The largest absolute Gasteiger partial charge is 0.462 e. The smallest absolute Gasteiger partial charge is 0.306 e. The third-order valence-electron chi connectivity index (χ3n) is 14.1. The van der Waals surface area contributed by atoms with E-state index in [0.717, 1.165) is 57.8 Å². The second-order valence-corrected chi connectivity index (χ2v) is 21.0. The molecule has 398 valence electrons. The van der Waals surface area contributed by atoms with Gasteiger partial charge in [-0.3, -0.25) is 14.4 Å². The molecule has 0 amide bonds. The Morgan fingerprint density at radius 1 is 0.239 bits per heavy atom. The standard InChI is InChI=1S/C61H118O6/c1-4-7-10-13-16-19-22-24-26-28-30-32-34-36-39-42-45-48-51-54-60(63)66-57-58(56-65-59(62)53-50-47-44-41-38-21-18-15-12-9-6-3)67-61(64)55-52-49-46-43-40-37-35-33-31-29-27-25-23-20-17-14-11-8-5-2/h58H,4-57H2,1-3H3/t58-/m1/s1. The van der Waals surface area contributed by atoms with Crippen LogP contribution < -0.4 is 0 Å². The summed E-state index contributed by atoms with van der Waals surface area (Å²) in [6.45, 7) is 6.71. The lowest BCUT2D eigenvalue weighted by Crippen LogP contribution is -2.30. The Morgan fingerprint density at radius 2 is 0.403 bits per heavy atom. The van der Waals surface area contributed by atoms with Crippen molar-refractivity contribution in [3.8, 4) is 0 Å². The van der Waals surface area contributed by atoms with E-state index in [2.05, 4.69) is 20.8 Å². The molecule has 0 aromatic carbocycles. The summed E-state index contributed by atoms with van der Waals surface area (Å²) in [5.74, 6) is -0.830. The van der Waals surface area contributed by atoms with Crippen LogP contribution in [0.15, 0.2) is 0 Å². The fourth-order valence-corrected chi connectivity index (χ4v) is 9.51. The minimum absolute atomic E-state index is 0.0609. The second-order valence-electron chi connectivity index (χ2n) is 21.0. The van der Waals surface area contributed by atoms with Gasteiger partial charge in [0, 0.05) is 19.3 Å². The maximum absolute atomic E-state index is 12.9. The van der Waals surface area contributed by atoms with Crippen LogP contribution in [0, 0.1) is 0 Å². The Morgan fingerprint density at radius 3 is 0.597 bits per heavy atom.